The van der Waals surface area contributed by atoms with Gasteiger partial charge < -0.3 is 4.90 Å². The molecule has 0 aliphatic carbocycles. The lowest BCUT2D eigenvalue weighted by molar-refractivity contribution is 1.17. The summed E-state index contributed by atoms with van der Waals surface area (Å²) in [7, 11) is 0. The van der Waals surface area contributed by atoms with Gasteiger partial charge in [-0.25, -0.2) is 0 Å². The van der Waals surface area contributed by atoms with Gasteiger partial charge in [0.1, 0.15) is 0 Å². The summed E-state index contributed by atoms with van der Waals surface area (Å²) in [5.41, 5.74) is 8.41. The summed E-state index contributed by atoms with van der Waals surface area (Å²) in [6, 6.07) is 59.9. The Morgan fingerprint density at radius 3 is 1.41 bits per heavy atom. The number of nitrogens with zero attached hydrogens (tertiary/aromatic N) is 1. The second-order valence-corrected chi connectivity index (χ2v) is 12.4. The van der Waals surface area contributed by atoms with E-state index in [9.17, 15) is 0 Å². The van der Waals surface area contributed by atoms with Crippen LogP contribution in [0.3, 0.4) is 0 Å². The summed E-state index contributed by atoms with van der Waals surface area (Å²) in [5, 5.41) is 7.76. The maximum atomic E-state index is 2.43. The highest BCUT2D eigenvalue weighted by molar-refractivity contribution is 7.99. The summed E-state index contributed by atoms with van der Waals surface area (Å²) in [5.74, 6) is 0. The van der Waals surface area contributed by atoms with E-state index in [2.05, 4.69) is 169 Å². The topological polar surface area (TPSA) is 3.24 Å². The van der Waals surface area contributed by atoms with Gasteiger partial charge in [0, 0.05) is 15.5 Å². The third-order valence-electron chi connectivity index (χ3n) is 8.79. The van der Waals surface area contributed by atoms with Crippen LogP contribution >= 0.6 is 11.8 Å². The Hall–Kier alpha value is -5.31. The van der Waals surface area contributed by atoms with Crippen LogP contribution in [0.5, 0.6) is 0 Å². The van der Waals surface area contributed by atoms with Crippen molar-refractivity contribution in [1.29, 1.82) is 0 Å². The molecule has 206 valence electrons. The summed E-state index contributed by atoms with van der Waals surface area (Å²) in [6.45, 7) is 0. The fourth-order valence-corrected chi connectivity index (χ4v) is 7.83. The molecule has 0 aromatic heterocycles. The molecule has 8 aromatic rings. The molecule has 0 saturated carbocycles. The molecule has 0 radical (unpaired) electrons. The van der Waals surface area contributed by atoms with Crippen LogP contribution in [0.1, 0.15) is 0 Å². The van der Waals surface area contributed by atoms with Gasteiger partial charge >= 0.3 is 0 Å². The molecule has 0 unspecified atom stereocenters. The quantitative estimate of drug-likeness (QED) is 0.192. The number of benzene rings is 8. The Kier molecular flexibility index (Phi) is 5.82. The summed E-state index contributed by atoms with van der Waals surface area (Å²) < 4.78 is 0. The van der Waals surface area contributed by atoms with Gasteiger partial charge in [-0.15, -0.1) is 0 Å². The third-order valence-corrected chi connectivity index (χ3v) is 9.92. The van der Waals surface area contributed by atoms with Crippen molar-refractivity contribution in [3.05, 3.63) is 164 Å². The molecule has 1 heterocycles. The maximum absolute atomic E-state index is 2.43. The zero-order valence-corrected chi connectivity index (χ0v) is 24.8. The zero-order valence-electron chi connectivity index (χ0n) is 23.9. The lowest BCUT2D eigenvalue weighted by atomic mass is 9.91. The molecule has 1 aliphatic rings. The second kappa shape index (κ2) is 10.2. The molecule has 1 nitrogen and oxygen atoms in total. The highest BCUT2D eigenvalue weighted by Crippen LogP contribution is 2.52. The Morgan fingerprint density at radius 2 is 0.795 bits per heavy atom. The van der Waals surface area contributed by atoms with Crippen LogP contribution in [0.15, 0.2) is 174 Å². The van der Waals surface area contributed by atoms with Crippen molar-refractivity contribution in [3.8, 4) is 22.3 Å². The van der Waals surface area contributed by atoms with Gasteiger partial charge in [-0.05, 0) is 103 Å². The highest BCUT2D eigenvalue weighted by Gasteiger charge is 2.25. The molecule has 0 spiro atoms. The molecule has 0 saturated heterocycles. The first-order chi connectivity index (χ1) is 21.8. The van der Waals surface area contributed by atoms with Crippen molar-refractivity contribution in [1.82, 2.24) is 0 Å². The van der Waals surface area contributed by atoms with Gasteiger partial charge in [0.2, 0.25) is 0 Å². The second-order valence-electron chi connectivity index (χ2n) is 11.4. The van der Waals surface area contributed by atoms with E-state index in [0.717, 1.165) is 5.69 Å². The summed E-state index contributed by atoms with van der Waals surface area (Å²) in [6.07, 6.45) is 0. The van der Waals surface area contributed by atoms with E-state index in [1.54, 1.807) is 0 Å². The SMILES string of the molecule is c1ccc(-c2cc(-c3ccc4c5ccccc5c5ccccc5c4c3)cc(N3c4ccccc4Sc4ccccc43)c2)cc1. The molecule has 44 heavy (non-hydrogen) atoms. The molecule has 1 aliphatic heterocycles. The van der Waals surface area contributed by atoms with Crippen molar-refractivity contribution in [2.24, 2.45) is 0 Å². The molecule has 2 heteroatoms. The minimum atomic E-state index is 1.16. The minimum absolute atomic E-state index is 1.16. The predicted molar refractivity (Wildman–Crippen MR) is 189 cm³/mol. The summed E-state index contributed by atoms with van der Waals surface area (Å²) in [4.78, 5) is 4.96. The summed E-state index contributed by atoms with van der Waals surface area (Å²) >= 11 is 1.84. The lowest BCUT2D eigenvalue weighted by Gasteiger charge is -2.33. The molecule has 0 atom stereocenters. The predicted octanol–water partition coefficient (Wildman–Crippen LogP) is 12.4. The third kappa shape index (κ3) is 4.03. The largest absolute Gasteiger partial charge is 0.308 e. The molecular weight excluding hydrogens is 551 g/mol. The molecule has 9 rings (SSSR count). The van der Waals surface area contributed by atoms with Crippen molar-refractivity contribution < 1.29 is 0 Å². The first-order valence-electron chi connectivity index (χ1n) is 15.0. The average molecular weight is 578 g/mol. The molecule has 0 amide bonds. The van der Waals surface area contributed by atoms with Crippen LogP contribution in [-0.4, -0.2) is 0 Å². The van der Waals surface area contributed by atoms with Crippen LogP contribution in [0.4, 0.5) is 17.1 Å². The number of hydrogen-bond donors (Lipinski definition) is 0. The van der Waals surface area contributed by atoms with Crippen LogP contribution in [0.25, 0.3) is 54.6 Å². The average Bonchev–Trinajstić information content (AvgIpc) is 3.10. The highest BCUT2D eigenvalue weighted by atomic mass is 32.2. The first-order valence-corrected chi connectivity index (χ1v) is 15.8. The monoisotopic (exact) mass is 577 g/mol. The Balaban J connectivity index is 1.31. The normalized spacial score (nSPS) is 12.4. The van der Waals surface area contributed by atoms with E-state index in [1.165, 1.54) is 75.7 Å². The van der Waals surface area contributed by atoms with Crippen molar-refractivity contribution >= 4 is 61.1 Å². The first kappa shape index (κ1) is 25.2. The van der Waals surface area contributed by atoms with Crippen LogP contribution in [-0.2, 0) is 0 Å². The Labute approximate surface area is 261 Å². The number of para-hydroxylation sites is 2. The van der Waals surface area contributed by atoms with E-state index in [-0.39, 0.29) is 0 Å². The minimum Gasteiger partial charge on any atom is -0.308 e. The molecular formula is C42H27NS. The van der Waals surface area contributed by atoms with E-state index < -0.39 is 0 Å². The van der Waals surface area contributed by atoms with Gasteiger partial charge in [0.25, 0.3) is 0 Å². The van der Waals surface area contributed by atoms with Crippen molar-refractivity contribution in [3.63, 3.8) is 0 Å². The number of fused-ring (bicyclic) bond motifs is 8. The van der Waals surface area contributed by atoms with Gasteiger partial charge in [0.05, 0.1) is 11.4 Å². The Morgan fingerprint density at radius 1 is 0.318 bits per heavy atom. The number of anilines is 3. The molecule has 0 N–H and O–H groups in total. The zero-order chi connectivity index (χ0) is 29.0. The lowest BCUT2D eigenvalue weighted by Crippen LogP contribution is -2.14. The van der Waals surface area contributed by atoms with Crippen LogP contribution < -0.4 is 4.90 Å². The molecule has 8 aromatic carbocycles. The van der Waals surface area contributed by atoms with Gasteiger partial charge in [-0.2, -0.15) is 0 Å². The standard InChI is InChI=1S/C42H27NS/c1-2-12-28(13-3-1)30-24-31(26-32(25-30)43-39-18-8-10-20-41(39)44-42-21-11-9-19-40(42)43)29-22-23-37-35-16-5-4-14-33(35)34-15-6-7-17-36(34)38(37)27-29/h1-27H. The number of rotatable bonds is 3. The Bertz CT molecular complexity index is 2290. The van der Waals surface area contributed by atoms with Crippen LogP contribution in [0, 0.1) is 0 Å². The molecule has 0 fully saturated rings. The smallest absolute Gasteiger partial charge is 0.0601 e. The molecule has 0 bridgehead atoms. The van der Waals surface area contributed by atoms with Crippen LogP contribution in [0.2, 0.25) is 0 Å². The van der Waals surface area contributed by atoms with E-state index in [0.29, 0.717) is 0 Å². The van der Waals surface area contributed by atoms with Crippen molar-refractivity contribution in [2.45, 2.75) is 9.79 Å². The van der Waals surface area contributed by atoms with E-state index >= 15 is 0 Å². The van der Waals surface area contributed by atoms with E-state index in [1.807, 2.05) is 11.8 Å². The van der Waals surface area contributed by atoms with Gasteiger partial charge in [-0.3, -0.25) is 0 Å². The van der Waals surface area contributed by atoms with Gasteiger partial charge in [-0.1, -0.05) is 127 Å². The van der Waals surface area contributed by atoms with Gasteiger partial charge in [0.15, 0.2) is 0 Å². The van der Waals surface area contributed by atoms with Crippen molar-refractivity contribution in [2.75, 3.05) is 4.90 Å². The maximum Gasteiger partial charge on any atom is 0.0601 e. The number of hydrogen-bond acceptors (Lipinski definition) is 2. The fraction of sp³-hybridized carbons (Fsp3) is 0. The van der Waals surface area contributed by atoms with E-state index in [4.69, 9.17) is 0 Å². The fourth-order valence-electron chi connectivity index (χ4n) is 6.77.